The first-order chi connectivity index (χ1) is 14.8. The number of carbonyl (C=O) groups excluding carboxylic acids is 2. The zero-order valence-electron chi connectivity index (χ0n) is 18.2. The SMILES string of the molecule is CC(=O)N(c1nc(COC(=O)CCOc2ccc(C)cc2)cs1)c1cccc(C)c1C. The Hall–Kier alpha value is -3.19. The summed E-state index contributed by atoms with van der Waals surface area (Å²) in [6.45, 7) is 7.80. The normalized spacial score (nSPS) is 10.6. The van der Waals surface area contributed by atoms with Gasteiger partial charge < -0.3 is 9.47 Å². The van der Waals surface area contributed by atoms with Crippen molar-refractivity contribution in [2.24, 2.45) is 0 Å². The molecule has 0 bridgehead atoms. The molecule has 3 rings (SSSR count). The number of nitrogens with zero attached hydrogens (tertiary/aromatic N) is 2. The number of carbonyl (C=O) groups is 2. The van der Waals surface area contributed by atoms with E-state index in [9.17, 15) is 9.59 Å². The molecule has 6 nitrogen and oxygen atoms in total. The van der Waals surface area contributed by atoms with E-state index >= 15 is 0 Å². The molecule has 0 aliphatic heterocycles. The van der Waals surface area contributed by atoms with Crippen LogP contribution < -0.4 is 9.64 Å². The van der Waals surface area contributed by atoms with Gasteiger partial charge in [0.05, 0.1) is 24.4 Å². The summed E-state index contributed by atoms with van der Waals surface area (Å²) >= 11 is 1.34. The van der Waals surface area contributed by atoms with E-state index in [1.165, 1.54) is 18.3 Å². The average Bonchev–Trinajstić information content (AvgIpc) is 3.19. The van der Waals surface area contributed by atoms with Gasteiger partial charge in [0.15, 0.2) is 5.13 Å². The van der Waals surface area contributed by atoms with Gasteiger partial charge in [-0.2, -0.15) is 0 Å². The molecule has 0 fully saturated rings. The van der Waals surface area contributed by atoms with Crippen molar-refractivity contribution in [3.8, 4) is 5.75 Å². The number of amides is 1. The molecular formula is C24H26N2O4S. The lowest BCUT2D eigenvalue weighted by Crippen LogP contribution is -2.23. The Morgan fingerprint density at radius 3 is 2.52 bits per heavy atom. The number of esters is 1. The van der Waals surface area contributed by atoms with E-state index in [0.29, 0.717) is 10.8 Å². The van der Waals surface area contributed by atoms with Crippen molar-refractivity contribution in [1.29, 1.82) is 0 Å². The molecule has 1 aromatic heterocycles. The van der Waals surface area contributed by atoms with Gasteiger partial charge in [-0.05, 0) is 50.1 Å². The summed E-state index contributed by atoms with van der Waals surface area (Å²) in [5.41, 5.74) is 4.68. The number of anilines is 2. The number of hydrogen-bond acceptors (Lipinski definition) is 6. The minimum Gasteiger partial charge on any atom is -0.493 e. The van der Waals surface area contributed by atoms with Gasteiger partial charge in [0, 0.05) is 12.3 Å². The average molecular weight is 439 g/mol. The molecule has 0 unspecified atom stereocenters. The summed E-state index contributed by atoms with van der Waals surface area (Å²) in [6.07, 6.45) is 0.146. The third kappa shape index (κ3) is 5.92. The van der Waals surface area contributed by atoms with Crippen LogP contribution in [0.5, 0.6) is 5.75 Å². The molecule has 1 amide bonds. The van der Waals surface area contributed by atoms with Crippen molar-refractivity contribution in [3.63, 3.8) is 0 Å². The second-order valence-electron chi connectivity index (χ2n) is 7.27. The minimum atomic E-state index is -0.361. The molecular weight excluding hydrogens is 412 g/mol. The highest BCUT2D eigenvalue weighted by Crippen LogP contribution is 2.32. The number of ether oxygens (including phenoxy) is 2. The van der Waals surface area contributed by atoms with Crippen LogP contribution in [-0.4, -0.2) is 23.5 Å². The van der Waals surface area contributed by atoms with E-state index in [1.54, 1.807) is 10.3 Å². The molecule has 162 valence electrons. The van der Waals surface area contributed by atoms with Crippen molar-refractivity contribution in [1.82, 2.24) is 4.98 Å². The monoisotopic (exact) mass is 438 g/mol. The zero-order chi connectivity index (χ0) is 22.4. The van der Waals surface area contributed by atoms with Gasteiger partial charge in [0.2, 0.25) is 5.91 Å². The molecule has 1 heterocycles. The fraction of sp³-hybridized carbons (Fsp3) is 0.292. The maximum Gasteiger partial charge on any atom is 0.309 e. The number of aryl methyl sites for hydroxylation is 2. The van der Waals surface area contributed by atoms with Gasteiger partial charge in [-0.25, -0.2) is 4.98 Å². The van der Waals surface area contributed by atoms with Gasteiger partial charge in [-0.3, -0.25) is 14.5 Å². The van der Waals surface area contributed by atoms with Gasteiger partial charge in [-0.15, -0.1) is 11.3 Å². The van der Waals surface area contributed by atoms with E-state index in [2.05, 4.69) is 4.98 Å². The second kappa shape index (κ2) is 10.2. The summed E-state index contributed by atoms with van der Waals surface area (Å²) < 4.78 is 10.9. The summed E-state index contributed by atoms with van der Waals surface area (Å²) in [4.78, 5) is 30.4. The third-order valence-electron chi connectivity index (χ3n) is 4.84. The summed E-state index contributed by atoms with van der Waals surface area (Å²) in [7, 11) is 0. The molecule has 0 radical (unpaired) electrons. The van der Waals surface area contributed by atoms with Crippen molar-refractivity contribution in [2.75, 3.05) is 11.5 Å². The maximum absolute atomic E-state index is 12.3. The Balaban J connectivity index is 1.56. The second-order valence-corrected chi connectivity index (χ2v) is 8.10. The van der Waals surface area contributed by atoms with Crippen LogP contribution in [0.1, 0.15) is 35.7 Å². The fourth-order valence-corrected chi connectivity index (χ4v) is 3.83. The predicted octanol–water partition coefficient (Wildman–Crippen LogP) is 5.27. The third-order valence-corrected chi connectivity index (χ3v) is 5.71. The first-order valence-electron chi connectivity index (χ1n) is 10.0. The first kappa shape index (κ1) is 22.5. The van der Waals surface area contributed by atoms with Crippen LogP contribution in [-0.2, 0) is 20.9 Å². The smallest absolute Gasteiger partial charge is 0.309 e. The lowest BCUT2D eigenvalue weighted by molar-refractivity contribution is -0.145. The highest BCUT2D eigenvalue weighted by molar-refractivity contribution is 7.14. The van der Waals surface area contributed by atoms with E-state index in [0.717, 1.165) is 28.1 Å². The molecule has 7 heteroatoms. The molecule has 0 aliphatic carbocycles. The van der Waals surface area contributed by atoms with E-state index in [-0.39, 0.29) is 31.5 Å². The highest BCUT2D eigenvalue weighted by Gasteiger charge is 2.20. The standard InChI is InChI=1S/C24H26N2O4S/c1-16-8-10-21(11-9-16)29-13-12-23(28)30-14-20-15-31-24(25-20)26(19(4)27)22-7-5-6-17(2)18(22)3/h5-11,15H,12-14H2,1-4H3. The van der Waals surface area contributed by atoms with Crippen molar-refractivity contribution in [2.45, 2.75) is 40.7 Å². The van der Waals surface area contributed by atoms with Gasteiger partial charge in [0.25, 0.3) is 0 Å². The molecule has 3 aromatic rings. The molecule has 0 atom stereocenters. The summed E-state index contributed by atoms with van der Waals surface area (Å²) in [5.74, 6) is 0.234. The van der Waals surface area contributed by atoms with E-state index in [1.807, 2.05) is 63.2 Å². The van der Waals surface area contributed by atoms with Crippen LogP contribution >= 0.6 is 11.3 Å². The minimum absolute atomic E-state index is 0.0540. The van der Waals surface area contributed by atoms with Crippen LogP contribution in [0.3, 0.4) is 0 Å². The van der Waals surface area contributed by atoms with Gasteiger partial charge >= 0.3 is 5.97 Å². The topological polar surface area (TPSA) is 68.7 Å². The number of rotatable bonds is 8. The van der Waals surface area contributed by atoms with E-state index < -0.39 is 0 Å². The fourth-order valence-electron chi connectivity index (χ4n) is 2.96. The number of hydrogen-bond donors (Lipinski definition) is 0. The first-order valence-corrected chi connectivity index (χ1v) is 10.9. The maximum atomic E-state index is 12.3. The van der Waals surface area contributed by atoms with Gasteiger partial charge in [0.1, 0.15) is 12.4 Å². The lowest BCUT2D eigenvalue weighted by Gasteiger charge is -2.21. The van der Waals surface area contributed by atoms with Crippen LogP contribution in [0.4, 0.5) is 10.8 Å². The molecule has 0 N–H and O–H groups in total. The quantitative estimate of drug-likeness (QED) is 0.449. The Bertz CT molecular complexity index is 1060. The zero-order valence-corrected chi connectivity index (χ0v) is 19.0. The molecule has 0 saturated heterocycles. The molecule has 2 aromatic carbocycles. The van der Waals surface area contributed by atoms with Crippen LogP contribution in [0, 0.1) is 20.8 Å². The van der Waals surface area contributed by atoms with Crippen molar-refractivity contribution >= 4 is 34.0 Å². The highest BCUT2D eigenvalue weighted by atomic mass is 32.1. The van der Waals surface area contributed by atoms with Crippen LogP contribution in [0.2, 0.25) is 0 Å². The predicted molar refractivity (Wildman–Crippen MR) is 122 cm³/mol. The molecule has 31 heavy (non-hydrogen) atoms. The van der Waals surface area contributed by atoms with E-state index in [4.69, 9.17) is 9.47 Å². The van der Waals surface area contributed by atoms with Crippen molar-refractivity contribution in [3.05, 3.63) is 70.2 Å². The summed E-state index contributed by atoms with van der Waals surface area (Å²) in [6, 6.07) is 13.5. The van der Waals surface area contributed by atoms with Crippen LogP contribution in [0.25, 0.3) is 0 Å². The number of thiazole rings is 1. The molecule has 0 saturated carbocycles. The molecule has 0 aliphatic rings. The lowest BCUT2D eigenvalue weighted by atomic mass is 10.1. The largest absolute Gasteiger partial charge is 0.493 e. The van der Waals surface area contributed by atoms with Gasteiger partial charge in [-0.1, -0.05) is 29.8 Å². The van der Waals surface area contributed by atoms with Crippen molar-refractivity contribution < 1.29 is 19.1 Å². The number of aromatic nitrogens is 1. The summed E-state index contributed by atoms with van der Waals surface area (Å²) in [5, 5.41) is 2.35. The molecule has 0 spiro atoms. The van der Waals surface area contributed by atoms with Crippen LogP contribution in [0.15, 0.2) is 47.8 Å². The number of benzene rings is 2. The Labute approximate surface area is 186 Å². The Kier molecular flexibility index (Phi) is 7.41. The Morgan fingerprint density at radius 1 is 1.06 bits per heavy atom. The Morgan fingerprint density at radius 2 is 1.81 bits per heavy atom.